The molecule has 0 aliphatic heterocycles. The number of esters is 1. The number of hydrogen-bond donors (Lipinski definition) is 1. The van der Waals surface area contributed by atoms with Crippen molar-refractivity contribution in [3.63, 3.8) is 0 Å². The van der Waals surface area contributed by atoms with E-state index in [1.807, 2.05) is 30.3 Å². The first-order valence-corrected chi connectivity index (χ1v) is 11.4. The minimum absolute atomic E-state index is 0.0275. The van der Waals surface area contributed by atoms with Crippen molar-refractivity contribution in [1.29, 1.82) is 0 Å². The number of anilines is 1. The zero-order chi connectivity index (χ0) is 23.3. The van der Waals surface area contributed by atoms with Crippen molar-refractivity contribution in [1.82, 2.24) is 4.98 Å². The lowest BCUT2D eigenvalue weighted by Crippen LogP contribution is -2.16. The largest absolute Gasteiger partial charge is 0.497 e. The summed E-state index contributed by atoms with van der Waals surface area (Å²) in [6.07, 6.45) is 1.55. The minimum Gasteiger partial charge on any atom is -0.497 e. The van der Waals surface area contributed by atoms with Gasteiger partial charge < -0.3 is 13.9 Å². The van der Waals surface area contributed by atoms with Crippen LogP contribution in [0.5, 0.6) is 5.75 Å². The van der Waals surface area contributed by atoms with Crippen LogP contribution in [-0.4, -0.2) is 26.5 Å². The second kappa shape index (κ2) is 9.58. The van der Waals surface area contributed by atoms with E-state index < -0.39 is 16.0 Å². The van der Waals surface area contributed by atoms with E-state index in [0.717, 1.165) is 5.56 Å². The molecular formula is C24H20N2O6S. The predicted octanol–water partition coefficient (Wildman–Crippen LogP) is 4.51. The summed E-state index contributed by atoms with van der Waals surface area (Å²) in [5.41, 5.74) is 1.00. The van der Waals surface area contributed by atoms with Crippen LogP contribution in [0.25, 0.3) is 11.3 Å². The van der Waals surface area contributed by atoms with Gasteiger partial charge in [-0.1, -0.05) is 42.5 Å². The average Bonchev–Trinajstić information content (AvgIpc) is 3.32. The molecule has 0 unspecified atom stereocenters. The number of aromatic nitrogens is 1. The smallest absolute Gasteiger partial charge is 0.340 e. The number of nitrogens with one attached hydrogen (secondary N) is 1. The van der Waals surface area contributed by atoms with Gasteiger partial charge in [-0.25, -0.2) is 18.2 Å². The van der Waals surface area contributed by atoms with E-state index in [0.29, 0.717) is 11.5 Å². The molecule has 0 saturated carbocycles. The number of sulfonamides is 1. The Morgan fingerprint density at radius 2 is 1.67 bits per heavy atom. The van der Waals surface area contributed by atoms with Gasteiger partial charge in [0.25, 0.3) is 10.0 Å². The van der Waals surface area contributed by atoms with Crippen molar-refractivity contribution >= 4 is 21.7 Å². The Kier molecular flexibility index (Phi) is 6.41. The van der Waals surface area contributed by atoms with Gasteiger partial charge in [-0.2, -0.15) is 0 Å². The molecule has 0 aliphatic rings. The first kappa shape index (κ1) is 22.1. The summed E-state index contributed by atoms with van der Waals surface area (Å²) < 4.78 is 44.0. The van der Waals surface area contributed by atoms with E-state index in [-0.39, 0.29) is 28.6 Å². The summed E-state index contributed by atoms with van der Waals surface area (Å²) in [7, 11) is -2.44. The molecule has 0 saturated heterocycles. The molecule has 33 heavy (non-hydrogen) atoms. The molecule has 4 rings (SSSR count). The summed E-state index contributed by atoms with van der Waals surface area (Å²) in [6.45, 7) is -0.203. The molecule has 1 aromatic heterocycles. The van der Waals surface area contributed by atoms with Crippen molar-refractivity contribution in [2.75, 3.05) is 11.8 Å². The molecule has 0 spiro atoms. The van der Waals surface area contributed by atoms with Crippen LogP contribution in [0, 0.1) is 0 Å². The first-order valence-electron chi connectivity index (χ1n) is 9.89. The Bertz CT molecular complexity index is 1350. The average molecular weight is 464 g/mol. The van der Waals surface area contributed by atoms with Gasteiger partial charge in [0.05, 0.1) is 29.5 Å². The van der Waals surface area contributed by atoms with Gasteiger partial charge in [-0.05, 0) is 36.4 Å². The van der Waals surface area contributed by atoms with Crippen LogP contribution in [-0.2, 0) is 21.4 Å². The van der Waals surface area contributed by atoms with Gasteiger partial charge in [0.1, 0.15) is 5.75 Å². The van der Waals surface area contributed by atoms with Crippen molar-refractivity contribution in [2.24, 2.45) is 0 Å². The quantitative estimate of drug-likeness (QED) is 0.382. The molecule has 0 bridgehead atoms. The summed E-state index contributed by atoms with van der Waals surface area (Å²) in [5, 5.41) is 0. The van der Waals surface area contributed by atoms with Crippen LogP contribution in [0.1, 0.15) is 16.2 Å². The standard InChI is InChI=1S/C24H20N2O6S/c1-30-18-11-13-19(14-12-18)33(28,29)26-21-10-6-5-9-20(21)24(27)31-16-23-25-15-22(32-23)17-7-3-2-4-8-17/h2-15,26H,16H2,1H3. The van der Waals surface area contributed by atoms with Crippen molar-refractivity contribution < 1.29 is 27.1 Å². The highest BCUT2D eigenvalue weighted by atomic mass is 32.2. The normalized spacial score (nSPS) is 11.1. The minimum atomic E-state index is -3.93. The molecule has 168 valence electrons. The Balaban J connectivity index is 1.46. The number of ether oxygens (including phenoxy) is 2. The third kappa shape index (κ3) is 5.21. The molecular weight excluding hydrogens is 444 g/mol. The highest BCUT2D eigenvalue weighted by Gasteiger charge is 2.20. The van der Waals surface area contributed by atoms with Crippen LogP contribution in [0.2, 0.25) is 0 Å². The first-order chi connectivity index (χ1) is 16.0. The highest BCUT2D eigenvalue weighted by Crippen LogP contribution is 2.24. The predicted molar refractivity (Wildman–Crippen MR) is 121 cm³/mol. The summed E-state index contributed by atoms with van der Waals surface area (Å²) >= 11 is 0. The molecule has 9 heteroatoms. The molecule has 0 radical (unpaired) electrons. The number of benzene rings is 3. The van der Waals surface area contributed by atoms with E-state index in [4.69, 9.17) is 13.9 Å². The van der Waals surface area contributed by atoms with E-state index in [9.17, 15) is 13.2 Å². The number of para-hydroxylation sites is 1. The molecule has 0 atom stereocenters. The third-order valence-electron chi connectivity index (χ3n) is 4.70. The maximum Gasteiger partial charge on any atom is 0.340 e. The molecule has 3 aromatic carbocycles. The Morgan fingerprint density at radius 3 is 2.39 bits per heavy atom. The van der Waals surface area contributed by atoms with Crippen LogP contribution >= 0.6 is 0 Å². The van der Waals surface area contributed by atoms with E-state index in [2.05, 4.69) is 9.71 Å². The SMILES string of the molecule is COc1ccc(S(=O)(=O)Nc2ccccc2C(=O)OCc2ncc(-c3ccccc3)o2)cc1. The maximum absolute atomic E-state index is 12.8. The van der Waals surface area contributed by atoms with Crippen LogP contribution in [0.15, 0.2) is 94.4 Å². The monoisotopic (exact) mass is 464 g/mol. The van der Waals surface area contributed by atoms with E-state index >= 15 is 0 Å². The van der Waals surface area contributed by atoms with Gasteiger partial charge in [0.15, 0.2) is 12.4 Å². The lowest BCUT2D eigenvalue weighted by atomic mass is 10.2. The molecule has 8 nitrogen and oxygen atoms in total. The second-order valence-corrected chi connectivity index (χ2v) is 8.57. The highest BCUT2D eigenvalue weighted by molar-refractivity contribution is 7.92. The summed E-state index contributed by atoms with van der Waals surface area (Å²) in [6, 6.07) is 21.5. The lowest BCUT2D eigenvalue weighted by molar-refractivity contribution is 0.0440. The number of methoxy groups -OCH3 is 1. The second-order valence-electron chi connectivity index (χ2n) is 6.89. The maximum atomic E-state index is 12.8. The van der Waals surface area contributed by atoms with Crippen molar-refractivity contribution in [3.8, 4) is 17.1 Å². The van der Waals surface area contributed by atoms with Gasteiger partial charge in [-0.15, -0.1) is 0 Å². The number of carbonyl (C=O) groups is 1. The fourth-order valence-corrected chi connectivity index (χ4v) is 4.11. The zero-order valence-corrected chi connectivity index (χ0v) is 18.4. The number of carbonyl (C=O) groups excluding carboxylic acids is 1. The van der Waals surface area contributed by atoms with Gasteiger partial charge >= 0.3 is 5.97 Å². The van der Waals surface area contributed by atoms with Crippen molar-refractivity contribution in [2.45, 2.75) is 11.5 Å². The van der Waals surface area contributed by atoms with Gasteiger partial charge in [-0.3, -0.25) is 4.72 Å². The zero-order valence-electron chi connectivity index (χ0n) is 17.6. The fraction of sp³-hybridized carbons (Fsp3) is 0.0833. The number of hydrogen-bond acceptors (Lipinski definition) is 7. The number of rotatable bonds is 8. The number of oxazole rings is 1. The molecule has 0 amide bonds. The van der Waals surface area contributed by atoms with Crippen molar-refractivity contribution in [3.05, 3.63) is 96.5 Å². The third-order valence-corrected chi connectivity index (χ3v) is 6.08. The Hall–Kier alpha value is -4.11. The Labute approximate surface area is 190 Å². The van der Waals surface area contributed by atoms with Crippen LogP contribution in [0.4, 0.5) is 5.69 Å². The van der Waals surface area contributed by atoms with Gasteiger partial charge in [0.2, 0.25) is 5.89 Å². The van der Waals surface area contributed by atoms with Gasteiger partial charge in [0, 0.05) is 5.56 Å². The summed E-state index contributed by atoms with van der Waals surface area (Å²) in [4.78, 5) is 16.8. The molecule has 4 aromatic rings. The summed E-state index contributed by atoms with van der Waals surface area (Å²) in [5.74, 6) is 0.579. The topological polar surface area (TPSA) is 108 Å². The molecule has 1 heterocycles. The molecule has 0 fully saturated rings. The van der Waals surface area contributed by atoms with Crippen LogP contribution < -0.4 is 9.46 Å². The van der Waals surface area contributed by atoms with Crippen LogP contribution in [0.3, 0.4) is 0 Å². The molecule has 1 N–H and O–H groups in total. The molecule has 0 aliphatic carbocycles. The number of nitrogens with zero attached hydrogens (tertiary/aromatic N) is 1. The fourth-order valence-electron chi connectivity index (χ4n) is 3.03. The van der Waals surface area contributed by atoms with E-state index in [1.165, 1.54) is 43.5 Å². The van der Waals surface area contributed by atoms with E-state index in [1.54, 1.807) is 18.3 Å². The lowest BCUT2D eigenvalue weighted by Gasteiger charge is -2.12. The Morgan fingerprint density at radius 1 is 0.970 bits per heavy atom.